The van der Waals surface area contributed by atoms with Crippen molar-refractivity contribution in [2.24, 2.45) is 0 Å². The third kappa shape index (κ3) is 6.40. The summed E-state index contributed by atoms with van der Waals surface area (Å²) in [6.45, 7) is 3.53. The lowest BCUT2D eigenvalue weighted by Crippen LogP contribution is -2.34. The van der Waals surface area contributed by atoms with Gasteiger partial charge in [-0.05, 0) is 6.92 Å². The fraction of sp³-hybridized carbons (Fsp3) is 0.778. The van der Waals surface area contributed by atoms with Gasteiger partial charge in [-0.25, -0.2) is 0 Å². The van der Waals surface area contributed by atoms with Crippen LogP contribution in [-0.2, 0) is 14.3 Å². The Balaban J connectivity index is 3.83. The molecule has 0 saturated carbocycles. The third-order valence-corrected chi connectivity index (χ3v) is 1.56. The predicted molar refractivity (Wildman–Crippen MR) is 50.6 cm³/mol. The van der Waals surface area contributed by atoms with Crippen molar-refractivity contribution in [3.05, 3.63) is 0 Å². The molecule has 0 aliphatic carbocycles. The summed E-state index contributed by atoms with van der Waals surface area (Å²) >= 11 is 0. The minimum absolute atomic E-state index is 0.144. The summed E-state index contributed by atoms with van der Waals surface area (Å²) in [6, 6.07) is 1.99. The van der Waals surface area contributed by atoms with E-state index in [4.69, 9.17) is 14.7 Å². The molecule has 0 fully saturated rings. The Hall–Kier alpha value is -1.12. The average molecular weight is 200 g/mol. The Morgan fingerprint density at radius 1 is 1.57 bits per heavy atom. The van der Waals surface area contributed by atoms with Crippen LogP contribution in [0.25, 0.3) is 0 Å². The standard InChI is InChI=1S/C9H16N2O3/c1-3-14-9(12)8-11(5-4-10)6-7-13-2/h3,5-8H2,1-2H3. The minimum atomic E-state index is -0.307. The maximum atomic E-state index is 11.1. The van der Waals surface area contributed by atoms with Gasteiger partial charge in [0.15, 0.2) is 0 Å². The number of carbonyl (C=O) groups is 1. The van der Waals surface area contributed by atoms with E-state index < -0.39 is 0 Å². The fourth-order valence-corrected chi connectivity index (χ4v) is 0.924. The highest BCUT2D eigenvalue weighted by molar-refractivity contribution is 5.71. The van der Waals surface area contributed by atoms with Crippen LogP contribution in [0.5, 0.6) is 0 Å². The van der Waals surface area contributed by atoms with Gasteiger partial charge >= 0.3 is 5.97 Å². The summed E-state index contributed by atoms with van der Waals surface area (Å²) in [5.41, 5.74) is 0. The molecule has 0 spiro atoms. The van der Waals surface area contributed by atoms with Crippen LogP contribution < -0.4 is 0 Å². The van der Waals surface area contributed by atoms with Crippen LogP contribution in [0, 0.1) is 11.3 Å². The van der Waals surface area contributed by atoms with E-state index in [9.17, 15) is 4.79 Å². The predicted octanol–water partition coefficient (Wildman–Crippen LogP) is 0.0215. The maximum absolute atomic E-state index is 11.1. The Labute approximate surface area is 84.2 Å². The van der Waals surface area contributed by atoms with E-state index in [0.717, 1.165) is 0 Å². The molecule has 5 heteroatoms. The highest BCUT2D eigenvalue weighted by atomic mass is 16.5. The molecule has 0 atom stereocenters. The monoisotopic (exact) mass is 200 g/mol. The molecular formula is C9H16N2O3. The number of hydrogen-bond donors (Lipinski definition) is 0. The maximum Gasteiger partial charge on any atom is 0.320 e. The second-order valence-corrected chi connectivity index (χ2v) is 2.67. The molecule has 0 aliphatic rings. The lowest BCUT2D eigenvalue weighted by atomic mass is 10.4. The molecule has 0 aromatic rings. The highest BCUT2D eigenvalue weighted by Gasteiger charge is 2.10. The molecule has 0 N–H and O–H groups in total. The van der Waals surface area contributed by atoms with E-state index in [2.05, 4.69) is 0 Å². The number of carbonyl (C=O) groups excluding carboxylic acids is 1. The van der Waals surface area contributed by atoms with Gasteiger partial charge in [-0.3, -0.25) is 9.69 Å². The number of esters is 1. The van der Waals surface area contributed by atoms with Crippen LogP contribution in [0.2, 0.25) is 0 Å². The first-order valence-electron chi connectivity index (χ1n) is 4.48. The van der Waals surface area contributed by atoms with Crippen molar-refractivity contribution < 1.29 is 14.3 Å². The molecule has 5 nitrogen and oxygen atoms in total. The van der Waals surface area contributed by atoms with Gasteiger partial charge in [-0.1, -0.05) is 0 Å². The Bertz CT molecular complexity index is 201. The number of ether oxygens (including phenoxy) is 2. The normalized spacial score (nSPS) is 9.86. The number of nitriles is 1. The lowest BCUT2D eigenvalue weighted by molar-refractivity contribution is -0.144. The van der Waals surface area contributed by atoms with Gasteiger partial charge in [-0.2, -0.15) is 5.26 Å². The molecule has 0 heterocycles. The second kappa shape index (κ2) is 8.48. The largest absolute Gasteiger partial charge is 0.465 e. The molecule has 14 heavy (non-hydrogen) atoms. The average Bonchev–Trinajstić information content (AvgIpc) is 2.15. The number of nitrogens with zero attached hydrogens (tertiary/aromatic N) is 2. The zero-order valence-electron chi connectivity index (χ0n) is 8.65. The van der Waals surface area contributed by atoms with Gasteiger partial charge in [0, 0.05) is 13.7 Å². The summed E-state index contributed by atoms with van der Waals surface area (Å²) in [5, 5.41) is 8.49. The third-order valence-electron chi connectivity index (χ3n) is 1.56. The quantitative estimate of drug-likeness (QED) is 0.428. The van der Waals surface area contributed by atoms with Gasteiger partial charge in [0.05, 0.1) is 32.4 Å². The topological polar surface area (TPSA) is 62.6 Å². The van der Waals surface area contributed by atoms with E-state index in [1.807, 2.05) is 6.07 Å². The Kier molecular flexibility index (Phi) is 7.80. The zero-order chi connectivity index (χ0) is 10.8. The van der Waals surface area contributed by atoms with E-state index in [1.54, 1.807) is 18.9 Å². The highest BCUT2D eigenvalue weighted by Crippen LogP contribution is 1.90. The first kappa shape index (κ1) is 12.9. The molecule has 0 aromatic carbocycles. The summed E-state index contributed by atoms with van der Waals surface area (Å²) in [6.07, 6.45) is 0. The minimum Gasteiger partial charge on any atom is -0.465 e. The molecule has 0 saturated heterocycles. The van der Waals surface area contributed by atoms with Gasteiger partial charge < -0.3 is 9.47 Å². The van der Waals surface area contributed by atoms with Crippen molar-refractivity contribution in [3.8, 4) is 6.07 Å². The molecular weight excluding hydrogens is 184 g/mol. The van der Waals surface area contributed by atoms with Crippen LogP contribution in [0.1, 0.15) is 6.92 Å². The van der Waals surface area contributed by atoms with Gasteiger partial charge in [0.1, 0.15) is 0 Å². The molecule has 0 amide bonds. The smallest absolute Gasteiger partial charge is 0.320 e. The van der Waals surface area contributed by atoms with Crippen molar-refractivity contribution in [2.75, 3.05) is 40.0 Å². The van der Waals surface area contributed by atoms with Crippen LogP contribution in [0.3, 0.4) is 0 Å². The Morgan fingerprint density at radius 3 is 2.79 bits per heavy atom. The lowest BCUT2D eigenvalue weighted by Gasteiger charge is -2.16. The van der Waals surface area contributed by atoms with E-state index in [0.29, 0.717) is 19.8 Å². The SMILES string of the molecule is CCOC(=O)CN(CC#N)CCOC. The molecule has 0 aliphatic heterocycles. The summed E-state index contributed by atoms with van der Waals surface area (Å²) < 4.78 is 9.62. The second-order valence-electron chi connectivity index (χ2n) is 2.67. The first-order chi connectivity index (χ1) is 6.74. The van der Waals surface area contributed by atoms with Crippen molar-refractivity contribution in [1.82, 2.24) is 4.90 Å². The number of hydrogen-bond acceptors (Lipinski definition) is 5. The van der Waals surface area contributed by atoms with Crippen LogP contribution in [0.15, 0.2) is 0 Å². The van der Waals surface area contributed by atoms with Crippen molar-refractivity contribution in [1.29, 1.82) is 5.26 Å². The van der Waals surface area contributed by atoms with E-state index in [-0.39, 0.29) is 19.1 Å². The molecule has 80 valence electrons. The fourth-order valence-electron chi connectivity index (χ4n) is 0.924. The summed E-state index contributed by atoms with van der Waals surface area (Å²) in [7, 11) is 1.58. The van der Waals surface area contributed by atoms with Crippen molar-refractivity contribution >= 4 is 5.97 Å². The van der Waals surface area contributed by atoms with E-state index >= 15 is 0 Å². The first-order valence-corrected chi connectivity index (χ1v) is 4.48. The molecule has 0 unspecified atom stereocenters. The molecule has 0 radical (unpaired) electrons. The van der Waals surface area contributed by atoms with Crippen LogP contribution in [0.4, 0.5) is 0 Å². The van der Waals surface area contributed by atoms with Gasteiger partial charge in [-0.15, -0.1) is 0 Å². The number of rotatable bonds is 7. The van der Waals surface area contributed by atoms with Gasteiger partial charge in [0.2, 0.25) is 0 Å². The van der Waals surface area contributed by atoms with Crippen molar-refractivity contribution in [2.45, 2.75) is 6.92 Å². The summed E-state index contributed by atoms with van der Waals surface area (Å²) in [5.74, 6) is -0.307. The number of methoxy groups -OCH3 is 1. The van der Waals surface area contributed by atoms with Crippen LogP contribution >= 0.6 is 0 Å². The Morgan fingerprint density at radius 2 is 2.29 bits per heavy atom. The molecule has 0 bridgehead atoms. The van der Waals surface area contributed by atoms with Gasteiger partial charge in [0.25, 0.3) is 0 Å². The van der Waals surface area contributed by atoms with Crippen LogP contribution in [-0.4, -0.2) is 50.8 Å². The molecule has 0 aromatic heterocycles. The van der Waals surface area contributed by atoms with E-state index in [1.165, 1.54) is 0 Å². The molecule has 0 rings (SSSR count). The van der Waals surface area contributed by atoms with Crippen molar-refractivity contribution in [3.63, 3.8) is 0 Å². The zero-order valence-corrected chi connectivity index (χ0v) is 8.65. The summed E-state index contributed by atoms with van der Waals surface area (Å²) in [4.78, 5) is 12.8.